The van der Waals surface area contributed by atoms with E-state index in [1.807, 2.05) is 13.1 Å². The molecule has 1 N–H and O–H groups in total. The number of hydrogen-bond acceptors (Lipinski definition) is 3. The molecule has 96 valence electrons. The van der Waals surface area contributed by atoms with Crippen molar-refractivity contribution in [2.24, 2.45) is 0 Å². The van der Waals surface area contributed by atoms with E-state index >= 15 is 0 Å². The molecule has 0 saturated heterocycles. The first kappa shape index (κ1) is 13.4. The molecule has 0 aliphatic heterocycles. The van der Waals surface area contributed by atoms with Gasteiger partial charge in [0.15, 0.2) is 0 Å². The average Bonchev–Trinajstić information content (AvgIpc) is 2.82. The van der Waals surface area contributed by atoms with Crippen molar-refractivity contribution in [2.75, 3.05) is 19.0 Å². The SMILES string of the molecule is CNCc1ccc(N(C)Cc2ccsc2)c(Cl)c1. The van der Waals surface area contributed by atoms with Crippen molar-refractivity contribution in [2.45, 2.75) is 13.1 Å². The van der Waals surface area contributed by atoms with Crippen LogP contribution in [-0.4, -0.2) is 14.1 Å². The van der Waals surface area contributed by atoms with Gasteiger partial charge in [0.2, 0.25) is 0 Å². The quantitative estimate of drug-likeness (QED) is 0.897. The summed E-state index contributed by atoms with van der Waals surface area (Å²) in [5, 5.41) is 8.20. The van der Waals surface area contributed by atoms with E-state index in [1.54, 1.807) is 11.3 Å². The summed E-state index contributed by atoms with van der Waals surface area (Å²) >= 11 is 8.06. The van der Waals surface area contributed by atoms with Gasteiger partial charge < -0.3 is 10.2 Å². The number of hydrogen-bond donors (Lipinski definition) is 1. The lowest BCUT2D eigenvalue weighted by atomic mass is 10.2. The Hall–Kier alpha value is -1.03. The first-order valence-electron chi connectivity index (χ1n) is 5.86. The predicted molar refractivity (Wildman–Crippen MR) is 80.6 cm³/mol. The highest BCUT2D eigenvalue weighted by Crippen LogP contribution is 2.27. The van der Waals surface area contributed by atoms with Crippen molar-refractivity contribution in [1.29, 1.82) is 0 Å². The molecular weight excluding hydrogens is 264 g/mol. The average molecular weight is 281 g/mol. The summed E-state index contributed by atoms with van der Waals surface area (Å²) < 4.78 is 0. The minimum atomic E-state index is 0.806. The third-order valence-electron chi connectivity index (χ3n) is 2.80. The van der Waals surface area contributed by atoms with E-state index in [9.17, 15) is 0 Å². The molecule has 0 spiro atoms. The van der Waals surface area contributed by atoms with Gasteiger partial charge in [-0.1, -0.05) is 17.7 Å². The molecule has 2 aromatic rings. The molecule has 0 aliphatic carbocycles. The van der Waals surface area contributed by atoms with Crippen LogP contribution in [0, 0.1) is 0 Å². The molecule has 1 heterocycles. The standard InChI is InChI=1S/C14H17ClN2S/c1-16-8-11-3-4-14(13(15)7-11)17(2)9-12-5-6-18-10-12/h3-7,10,16H,8-9H2,1-2H3. The molecule has 0 bridgehead atoms. The monoisotopic (exact) mass is 280 g/mol. The van der Waals surface area contributed by atoms with Crippen LogP contribution in [0.3, 0.4) is 0 Å². The van der Waals surface area contributed by atoms with Crippen molar-refractivity contribution in [3.63, 3.8) is 0 Å². The van der Waals surface area contributed by atoms with Crippen LogP contribution in [-0.2, 0) is 13.1 Å². The van der Waals surface area contributed by atoms with Crippen molar-refractivity contribution in [1.82, 2.24) is 5.32 Å². The maximum absolute atomic E-state index is 6.33. The van der Waals surface area contributed by atoms with Gasteiger partial charge in [-0.05, 0) is 47.1 Å². The summed E-state index contributed by atoms with van der Waals surface area (Å²) in [6.07, 6.45) is 0. The van der Waals surface area contributed by atoms with Crippen molar-refractivity contribution in [3.8, 4) is 0 Å². The zero-order valence-corrected chi connectivity index (χ0v) is 12.2. The minimum absolute atomic E-state index is 0.806. The molecule has 2 nitrogen and oxygen atoms in total. The van der Waals surface area contributed by atoms with Crippen LogP contribution in [0.25, 0.3) is 0 Å². The van der Waals surface area contributed by atoms with Crippen LogP contribution in [0.5, 0.6) is 0 Å². The maximum Gasteiger partial charge on any atom is 0.0642 e. The normalized spacial score (nSPS) is 10.6. The minimum Gasteiger partial charge on any atom is -0.369 e. The fourth-order valence-electron chi connectivity index (χ4n) is 1.92. The number of anilines is 1. The van der Waals surface area contributed by atoms with E-state index in [0.29, 0.717) is 0 Å². The summed E-state index contributed by atoms with van der Waals surface area (Å²) in [4.78, 5) is 2.17. The fraction of sp³-hybridized carbons (Fsp3) is 0.286. The number of benzene rings is 1. The molecule has 0 fully saturated rings. The Kier molecular flexibility index (Phi) is 4.64. The van der Waals surface area contributed by atoms with Gasteiger partial charge in [-0.2, -0.15) is 11.3 Å². The van der Waals surface area contributed by atoms with E-state index in [1.165, 1.54) is 11.1 Å². The molecule has 0 aliphatic rings. The second-order valence-corrected chi connectivity index (χ2v) is 5.49. The first-order valence-corrected chi connectivity index (χ1v) is 7.18. The van der Waals surface area contributed by atoms with Crippen LogP contribution in [0.2, 0.25) is 5.02 Å². The highest BCUT2D eigenvalue weighted by molar-refractivity contribution is 7.07. The Balaban J connectivity index is 2.12. The lowest BCUT2D eigenvalue weighted by molar-refractivity contribution is 0.817. The summed E-state index contributed by atoms with van der Waals surface area (Å²) in [5.74, 6) is 0. The Morgan fingerprint density at radius 2 is 2.11 bits per heavy atom. The second kappa shape index (κ2) is 6.23. The molecule has 18 heavy (non-hydrogen) atoms. The van der Waals surface area contributed by atoms with Crippen LogP contribution in [0.15, 0.2) is 35.0 Å². The zero-order chi connectivity index (χ0) is 13.0. The van der Waals surface area contributed by atoms with Gasteiger partial charge in [0.05, 0.1) is 10.7 Å². The Labute approximate surface area is 117 Å². The van der Waals surface area contributed by atoms with Gasteiger partial charge in [0.25, 0.3) is 0 Å². The molecule has 1 aromatic heterocycles. The number of halogens is 1. The van der Waals surface area contributed by atoms with Crippen LogP contribution >= 0.6 is 22.9 Å². The molecule has 4 heteroatoms. The van der Waals surface area contributed by atoms with E-state index in [-0.39, 0.29) is 0 Å². The third kappa shape index (κ3) is 3.25. The summed E-state index contributed by atoms with van der Waals surface area (Å²) in [7, 11) is 4.00. The molecule has 1 aromatic carbocycles. The fourth-order valence-corrected chi connectivity index (χ4v) is 2.92. The third-order valence-corrected chi connectivity index (χ3v) is 3.84. The largest absolute Gasteiger partial charge is 0.369 e. The molecule has 0 unspecified atom stereocenters. The molecule has 0 saturated carbocycles. The highest BCUT2D eigenvalue weighted by atomic mass is 35.5. The molecular formula is C14H17ClN2S. The first-order chi connectivity index (χ1) is 8.70. The van der Waals surface area contributed by atoms with Crippen LogP contribution in [0.4, 0.5) is 5.69 Å². The topological polar surface area (TPSA) is 15.3 Å². The van der Waals surface area contributed by atoms with E-state index in [2.05, 4.69) is 46.2 Å². The number of rotatable bonds is 5. The van der Waals surface area contributed by atoms with Crippen LogP contribution in [0.1, 0.15) is 11.1 Å². The van der Waals surface area contributed by atoms with Gasteiger partial charge in [0.1, 0.15) is 0 Å². The van der Waals surface area contributed by atoms with Crippen molar-refractivity contribution >= 4 is 28.6 Å². The maximum atomic E-state index is 6.33. The molecule has 0 atom stereocenters. The van der Waals surface area contributed by atoms with Gasteiger partial charge >= 0.3 is 0 Å². The van der Waals surface area contributed by atoms with Crippen LogP contribution < -0.4 is 10.2 Å². The number of nitrogens with zero attached hydrogens (tertiary/aromatic N) is 1. The lowest BCUT2D eigenvalue weighted by Gasteiger charge is -2.20. The highest BCUT2D eigenvalue weighted by Gasteiger charge is 2.07. The second-order valence-electron chi connectivity index (χ2n) is 4.30. The molecule has 2 rings (SSSR count). The van der Waals surface area contributed by atoms with Gasteiger partial charge in [-0.3, -0.25) is 0 Å². The van der Waals surface area contributed by atoms with Crippen molar-refractivity contribution < 1.29 is 0 Å². The summed E-state index contributed by atoms with van der Waals surface area (Å²) in [5.41, 5.74) is 3.59. The lowest BCUT2D eigenvalue weighted by Crippen LogP contribution is -2.16. The van der Waals surface area contributed by atoms with E-state index in [0.717, 1.165) is 23.8 Å². The van der Waals surface area contributed by atoms with Gasteiger partial charge in [-0.25, -0.2) is 0 Å². The number of thiophene rings is 1. The Bertz CT molecular complexity index is 497. The smallest absolute Gasteiger partial charge is 0.0642 e. The van der Waals surface area contributed by atoms with Crippen molar-refractivity contribution in [3.05, 3.63) is 51.2 Å². The van der Waals surface area contributed by atoms with E-state index in [4.69, 9.17) is 11.6 Å². The zero-order valence-electron chi connectivity index (χ0n) is 10.6. The summed E-state index contributed by atoms with van der Waals surface area (Å²) in [6, 6.07) is 8.37. The summed E-state index contributed by atoms with van der Waals surface area (Å²) in [6.45, 7) is 1.73. The van der Waals surface area contributed by atoms with E-state index < -0.39 is 0 Å². The Morgan fingerprint density at radius 3 is 2.72 bits per heavy atom. The molecule has 0 amide bonds. The van der Waals surface area contributed by atoms with Gasteiger partial charge in [-0.15, -0.1) is 0 Å². The predicted octanol–water partition coefficient (Wildman–Crippen LogP) is 3.76. The van der Waals surface area contributed by atoms with Gasteiger partial charge in [0, 0.05) is 20.1 Å². The molecule has 0 radical (unpaired) electrons. The number of nitrogens with one attached hydrogen (secondary N) is 1. The Morgan fingerprint density at radius 1 is 1.28 bits per heavy atom.